The first-order valence-electron chi connectivity index (χ1n) is 7.88. The Hall–Kier alpha value is -0.850. The lowest BCUT2D eigenvalue weighted by molar-refractivity contribution is -0.128. The van der Waals surface area contributed by atoms with Gasteiger partial charge in [0.05, 0.1) is 11.2 Å². The van der Waals surface area contributed by atoms with Crippen molar-refractivity contribution in [3.05, 3.63) is 35.9 Å². The lowest BCUT2D eigenvalue weighted by Crippen LogP contribution is -2.42. The molecule has 0 N–H and O–H groups in total. The van der Waals surface area contributed by atoms with E-state index in [0.29, 0.717) is 24.5 Å². The quantitative estimate of drug-likeness (QED) is 0.731. The normalized spacial score (nSPS) is 29.1. The summed E-state index contributed by atoms with van der Waals surface area (Å²) in [4.78, 5) is 12.4. The van der Waals surface area contributed by atoms with Gasteiger partial charge in [-0.05, 0) is 29.7 Å². The Kier molecular flexibility index (Phi) is 4.36. The fourth-order valence-corrected chi connectivity index (χ4v) is 6.75. The van der Waals surface area contributed by atoms with Crippen LogP contribution in [0.3, 0.4) is 0 Å². The van der Waals surface area contributed by atoms with Gasteiger partial charge in [-0.2, -0.15) is 12.0 Å². The number of hydrogen-bond donors (Lipinski definition) is 0. The topological polar surface area (TPSA) is 60.4 Å². The van der Waals surface area contributed by atoms with E-state index in [1.807, 2.05) is 44.2 Å². The van der Waals surface area contributed by atoms with Crippen molar-refractivity contribution in [2.45, 2.75) is 38.9 Å². The van der Waals surface area contributed by atoms with E-state index in [-0.39, 0.29) is 17.0 Å². The molecular weight excluding hydrogens is 332 g/mol. The summed E-state index contributed by atoms with van der Waals surface area (Å²) in [5.41, 5.74) is -0.0157. The van der Waals surface area contributed by atoms with Crippen LogP contribution in [0.25, 0.3) is 0 Å². The molecule has 6 heteroatoms. The number of carbonyl (C=O) groups excluding carboxylic acids is 1. The standard InChI is InChI=1S/C17H22O4S2/c1-16(2)14-8-9-17(16,15(18)10-14)12-23(19,20)21-22-11-13-6-4-3-5-7-13/h3-7,14H,8-12H2,1-2H3. The van der Waals surface area contributed by atoms with Gasteiger partial charge >= 0.3 is 0 Å². The van der Waals surface area contributed by atoms with Gasteiger partial charge in [0.2, 0.25) is 0 Å². The smallest absolute Gasteiger partial charge is 0.279 e. The van der Waals surface area contributed by atoms with Crippen LogP contribution < -0.4 is 0 Å². The van der Waals surface area contributed by atoms with Crippen LogP contribution in [-0.2, 0) is 24.3 Å². The van der Waals surface area contributed by atoms with Crippen molar-refractivity contribution in [2.24, 2.45) is 16.7 Å². The Morgan fingerprint density at radius 3 is 2.52 bits per heavy atom. The molecule has 0 spiro atoms. The SMILES string of the molecule is CC1(C)C2CCC1(CS(=O)(=O)OSCc1ccccc1)C(=O)C2. The van der Waals surface area contributed by atoms with E-state index in [2.05, 4.69) is 0 Å². The van der Waals surface area contributed by atoms with Crippen molar-refractivity contribution in [3.63, 3.8) is 0 Å². The molecule has 0 aromatic heterocycles. The summed E-state index contributed by atoms with van der Waals surface area (Å²) in [6, 6.07) is 9.57. The van der Waals surface area contributed by atoms with Gasteiger partial charge in [0.15, 0.2) is 0 Å². The predicted molar refractivity (Wildman–Crippen MR) is 91.2 cm³/mol. The van der Waals surface area contributed by atoms with Gasteiger partial charge in [-0.25, -0.2) is 0 Å². The van der Waals surface area contributed by atoms with Gasteiger partial charge in [0.1, 0.15) is 5.78 Å². The number of hydrogen-bond acceptors (Lipinski definition) is 5. The number of rotatable bonds is 6. The number of fused-ring (bicyclic) bond motifs is 2. The summed E-state index contributed by atoms with van der Waals surface area (Å²) in [5, 5.41) is 0. The Bertz CT molecular complexity index is 697. The van der Waals surface area contributed by atoms with Gasteiger partial charge in [0, 0.05) is 24.2 Å². The summed E-state index contributed by atoms with van der Waals surface area (Å²) in [6.45, 7) is 4.06. The minimum atomic E-state index is -3.74. The molecule has 126 valence electrons. The molecule has 2 aliphatic carbocycles. The van der Waals surface area contributed by atoms with E-state index < -0.39 is 15.5 Å². The van der Waals surface area contributed by atoms with Crippen LogP contribution >= 0.6 is 12.0 Å². The molecule has 2 fully saturated rings. The monoisotopic (exact) mass is 354 g/mol. The first-order chi connectivity index (χ1) is 10.8. The molecule has 1 aromatic carbocycles. The molecule has 23 heavy (non-hydrogen) atoms. The maximum absolute atomic E-state index is 12.4. The van der Waals surface area contributed by atoms with Crippen molar-refractivity contribution in [1.29, 1.82) is 0 Å². The number of ketones is 1. The molecule has 1 aromatic rings. The second-order valence-corrected chi connectivity index (χ2v) is 9.66. The van der Waals surface area contributed by atoms with Crippen LogP contribution in [0.4, 0.5) is 0 Å². The second-order valence-electron chi connectivity index (χ2n) is 7.18. The summed E-state index contributed by atoms with van der Waals surface area (Å²) >= 11 is 0.922. The molecule has 2 atom stereocenters. The molecule has 2 bridgehead atoms. The summed E-state index contributed by atoms with van der Waals surface area (Å²) < 4.78 is 29.9. The molecule has 0 radical (unpaired) electrons. The van der Waals surface area contributed by atoms with Crippen LogP contribution in [0.15, 0.2) is 30.3 Å². The first-order valence-corrected chi connectivity index (χ1v) is 10.4. The maximum Gasteiger partial charge on any atom is 0.279 e. The highest BCUT2D eigenvalue weighted by atomic mass is 32.3. The van der Waals surface area contributed by atoms with Crippen LogP contribution in [0.2, 0.25) is 0 Å². The van der Waals surface area contributed by atoms with Crippen LogP contribution in [0.1, 0.15) is 38.7 Å². The largest absolute Gasteiger partial charge is 0.299 e. The second kappa shape index (κ2) is 5.90. The third kappa shape index (κ3) is 2.96. The molecule has 4 nitrogen and oxygen atoms in total. The zero-order chi connectivity index (χ0) is 16.7. The van der Waals surface area contributed by atoms with Crippen LogP contribution in [-0.4, -0.2) is 20.0 Å². The van der Waals surface area contributed by atoms with Crippen molar-refractivity contribution in [3.8, 4) is 0 Å². The molecule has 2 unspecified atom stereocenters. The van der Waals surface area contributed by atoms with Crippen molar-refractivity contribution >= 4 is 27.9 Å². The number of carbonyl (C=O) groups is 1. The van der Waals surface area contributed by atoms with E-state index in [1.54, 1.807) is 0 Å². The van der Waals surface area contributed by atoms with E-state index in [1.165, 1.54) is 0 Å². The fraction of sp³-hybridized carbons (Fsp3) is 0.588. The zero-order valence-electron chi connectivity index (χ0n) is 13.4. The minimum Gasteiger partial charge on any atom is -0.299 e. The summed E-state index contributed by atoms with van der Waals surface area (Å²) in [6.07, 6.45) is 2.11. The average molecular weight is 354 g/mol. The average Bonchev–Trinajstić information content (AvgIpc) is 2.82. The van der Waals surface area contributed by atoms with Gasteiger partial charge in [-0.1, -0.05) is 44.2 Å². The van der Waals surface area contributed by atoms with Gasteiger partial charge in [-0.3, -0.25) is 4.79 Å². The van der Waals surface area contributed by atoms with Gasteiger partial charge in [-0.15, -0.1) is 0 Å². The molecule has 2 saturated carbocycles. The van der Waals surface area contributed by atoms with E-state index >= 15 is 0 Å². The van der Waals surface area contributed by atoms with Gasteiger partial charge < -0.3 is 0 Å². The number of Topliss-reactive ketones (excluding diaryl/α,β-unsaturated/α-hetero) is 1. The van der Waals surface area contributed by atoms with Gasteiger partial charge in [0.25, 0.3) is 10.1 Å². The molecule has 0 amide bonds. The highest BCUT2D eigenvalue weighted by Crippen LogP contribution is 2.64. The van der Waals surface area contributed by atoms with Crippen molar-refractivity contribution in [1.82, 2.24) is 0 Å². The molecule has 0 saturated heterocycles. The zero-order valence-corrected chi connectivity index (χ0v) is 15.1. The third-order valence-corrected chi connectivity index (χ3v) is 8.29. The Labute approximate surface area is 142 Å². The Morgan fingerprint density at radius 1 is 1.26 bits per heavy atom. The minimum absolute atomic E-state index is 0.0963. The molecule has 0 aliphatic heterocycles. The first kappa shape index (κ1) is 17.0. The summed E-state index contributed by atoms with van der Waals surface area (Å²) in [7, 11) is -3.74. The van der Waals surface area contributed by atoms with E-state index in [0.717, 1.165) is 24.0 Å². The Morgan fingerprint density at radius 2 is 1.96 bits per heavy atom. The Balaban J connectivity index is 1.66. The van der Waals surface area contributed by atoms with E-state index in [9.17, 15) is 13.2 Å². The fourth-order valence-electron chi connectivity index (χ4n) is 4.17. The lowest BCUT2D eigenvalue weighted by Gasteiger charge is -2.35. The molecule has 2 aliphatic rings. The van der Waals surface area contributed by atoms with Crippen molar-refractivity contribution < 1.29 is 16.8 Å². The van der Waals surface area contributed by atoms with Crippen molar-refractivity contribution in [2.75, 3.05) is 5.75 Å². The molecular formula is C17H22O4S2. The lowest BCUT2D eigenvalue weighted by atomic mass is 9.70. The third-order valence-electron chi connectivity index (χ3n) is 5.78. The van der Waals surface area contributed by atoms with Crippen LogP contribution in [0, 0.1) is 16.7 Å². The molecule has 3 rings (SSSR count). The maximum atomic E-state index is 12.4. The highest BCUT2D eigenvalue weighted by molar-refractivity contribution is 8.03. The van der Waals surface area contributed by atoms with Crippen LogP contribution in [0.5, 0.6) is 0 Å². The summed E-state index contributed by atoms with van der Waals surface area (Å²) in [5.74, 6) is 0.679. The van der Waals surface area contributed by atoms with E-state index in [4.69, 9.17) is 3.63 Å². The number of benzene rings is 1. The molecule has 0 heterocycles. The predicted octanol–water partition coefficient (Wildman–Crippen LogP) is 3.58. The highest BCUT2D eigenvalue weighted by Gasteiger charge is 2.65.